The summed E-state index contributed by atoms with van der Waals surface area (Å²) in [6, 6.07) is 15.3. The maximum Gasteiger partial charge on any atom is 0.0891 e. The Labute approximate surface area is 183 Å². The molecule has 154 valence electrons. The summed E-state index contributed by atoms with van der Waals surface area (Å²) in [5.74, 6) is 0.811. The van der Waals surface area contributed by atoms with Crippen molar-refractivity contribution < 1.29 is 0 Å². The molecule has 1 saturated carbocycles. The summed E-state index contributed by atoms with van der Waals surface area (Å²) >= 11 is 1.77. The van der Waals surface area contributed by atoms with E-state index in [2.05, 4.69) is 82.3 Å². The van der Waals surface area contributed by atoms with E-state index in [0.717, 1.165) is 36.8 Å². The zero-order valence-corrected chi connectivity index (χ0v) is 18.5. The molecule has 1 aliphatic carbocycles. The maximum atomic E-state index is 5.03. The third kappa shape index (κ3) is 3.52. The zero-order valence-electron chi connectivity index (χ0n) is 17.7. The van der Waals surface area contributed by atoms with E-state index >= 15 is 0 Å². The van der Waals surface area contributed by atoms with Gasteiger partial charge in [-0.15, -0.1) is 0 Å². The summed E-state index contributed by atoms with van der Waals surface area (Å²) in [5, 5.41) is 1.28. The van der Waals surface area contributed by atoms with Crippen LogP contribution in [-0.2, 0) is 6.54 Å². The average Bonchev–Trinajstić information content (AvgIpc) is 3.53. The molecule has 1 aliphatic heterocycles. The Morgan fingerprint density at radius 1 is 1.17 bits per heavy atom. The van der Waals surface area contributed by atoms with Crippen molar-refractivity contribution in [2.45, 2.75) is 19.4 Å². The Balaban J connectivity index is 1.60. The lowest BCUT2D eigenvalue weighted by Gasteiger charge is -2.36. The molecule has 2 aromatic carbocycles. The third-order valence-corrected chi connectivity index (χ3v) is 6.97. The average molecular weight is 417 g/mol. The quantitative estimate of drug-likeness (QED) is 0.365. The number of hydrogen-bond acceptors (Lipinski definition) is 4. The van der Waals surface area contributed by atoms with Gasteiger partial charge in [-0.1, -0.05) is 42.8 Å². The number of nitrogens with zero attached hydrogens (tertiary/aromatic N) is 4. The van der Waals surface area contributed by atoms with E-state index in [0.29, 0.717) is 0 Å². The lowest BCUT2D eigenvalue weighted by Crippen LogP contribution is -2.35. The molecular weight excluding hydrogens is 388 g/mol. The van der Waals surface area contributed by atoms with E-state index in [9.17, 15) is 0 Å². The van der Waals surface area contributed by atoms with Crippen molar-refractivity contribution in [2.24, 2.45) is 10.9 Å². The second-order valence-electron chi connectivity index (χ2n) is 8.26. The molecule has 0 N–H and O–H groups in total. The highest BCUT2D eigenvalue weighted by Crippen LogP contribution is 2.43. The molecule has 3 aromatic rings. The van der Waals surface area contributed by atoms with Gasteiger partial charge in [0, 0.05) is 43.8 Å². The van der Waals surface area contributed by atoms with Crippen molar-refractivity contribution >= 4 is 52.2 Å². The normalized spacial score (nSPS) is 16.5. The number of benzene rings is 2. The number of rotatable bonds is 6. The maximum absolute atomic E-state index is 5.03. The molecule has 2 aliphatic rings. The van der Waals surface area contributed by atoms with Gasteiger partial charge in [0.15, 0.2) is 0 Å². The second-order valence-corrected chi connectivity index (χ2v) is 9.06. The van der Waals surface area contributed by atoms with Gasteiger partial charge in [0.1, 0.15) is 0 Å². The lowest BCUT2D eigenvalue weighted by molar-refractivity contribution is 0.644. The monoisotopic (exact) mass is 416 g/mol. The van der Waals surface area contributed by atoms with Crippen LogP contribution in [0, 0.1) is 5.92 Å². The summed E-state index contributed by atoms with van der Waals surface area (Å²) in [6.45, 7) is 7.08. The molecular formula is C25H28N4S. The van der Waals surface area contributed by atoms with Crippen LogP contribution in [0.5, 0.6) is 0 Å². The van der Waals surface area contributed by atoms with Crippen LogP contribution < -0.4 is 9.21 Å². The van der Waals surface area contributed by atoms with Crippen LogP contribution in [0.15, 0.2) is 54.0 Å². The third-order valence-electron chi connectivity index (χ3n) is 6.15. The van der Waals surface area contributed by atoms with Gasteiger partial charge in [-0.3, -0.25) is 4.99 Å². The zero-order chi connectivity index (χ0) is 20.7. The molecule has 0 atom stereocenters. The van der Waals surface area contributed by atoms with Crippen LogP contribution in [0.1, 0.15) is 24.1 Å². The largest absolute Gasteiger partial charge is 0.369 e. The van der Waals surface area contributed by atoms with E-state index in [1.165, 1.54) is 40.8 Å². The number of para-hydroxylation sites is 1. The number of aromatic nitrogens is 1. The first-order chi connectivity index (χ1) is 14.7. The van der Waals surface area contributed by atoms with Gasteiger partial charge in [0.2, 0.25) is 0 Å². The summed E-state index contributed by atoms with van der Waals surface area (Å²) in [6.07, 6.45) is 8.78. The first-order valence-corrected chi connectivity index (χ1v) is 11.8. The highest BCUT2D eigenvalue weighted by molar-refractivity contribution is 8.00. The fourth-order valence-electron chi connectivity index (χ4n) is 4.32. The number of fused-ring (bicyclic) bond motifs is 2. The molecule has 30 heavy (non-hydrogen) atoms. The summed E-state index contributed by atoms with van der Waals surface area (Å²) < 4.78 is 4.80. The van der Waals surface area contributed by atoms with Crippen LogP contribution in [0.4, 0.5) is 17.1 Å². The van der Waals surface area contributed by atoms with Gasteiger partial charge in [0.05, 0.1) is 29.0 Å². The minimum absolute atomic E-state index is 0.811. The number of anilines is 2. The van der Waals surface area contributed by atoms with Gasteiger partial charge in [-0.25, -0.2) is 0 Å². The smallest absolute Gasteiger partial charge is 0.0891 e. The molecule has 5 rings (SSSR count). The van der Waals surface area contributed by atoms with Crippen molar-refractivity contribution in [3.63, 3.8) is 0 Å². The Morgan fingerprint density at radius 2 is 2.00 bits per heavy atom. The molecule has 0 unspecified atom stereocenters. The molecule has 0 radical (unpaired) electrons. The SMILES string of the molecule is C=Cc1cc(/N=C/c2cc3ccccc3n2CC2CC2)c2c(c1)N(SC)CCN2C. The Kier molecular flexibility index (Phi) is 5.07. The second kappa shape index (κ2) is 7.88. The Bertz CT molecular complexity index is 1130. The predicted octanol–water partition coefficient (Wildman–Crippen LogP) is 5.98. The predicted molar refractivity (Wildman–Crippen MR) is 133 cm³/mol. The number of aliphatic imine (C=N–C) groups is 1. The first kappa shape index (κ1) is 19.3. The van der Waals surface area contributed by atoms with E-state index < -0.39 is 0 Å². The van der Waals surface area contributed by atoms with Crippen molar-refractivity contribution in [3.8, 4) is 0 Å². The van der Waals surface area contributed by atoms with E-state index in [1.807, 2.05) is 6.08 Å². The van der Waals surface area contributed by atoms with Gasteiger partial charge in [0.25, 0.3) is 0 Å². The van der Waals surface area contributed by atoms with Gasteiger partial charge in [-0.05, 0) is 48.6 Å². The Hall–Kier alpha value is -2.66. The van der Waals surface area contributed by atoms with Crippen LogP contribution in [0.3, 0.4) is 0 Å². The minimum atomic E-state index is 0.811. The summed E-state index contributed by atoms with van der Waals surface area (Å²) in [4.78, 5) is 7.35. The van der Waals surface area contributed by atoms with Gasteiger partial charge >= 0.3 is 0 Å². The highest BCUT2D eigenvalue weighted by atomic mass is 32.2. The van der Waals surface area contributed by atoms with Crippen LogP contribution in [0.25, 0.3) is 17.0 Å². The van der Waals surface area contributed by atoms with Crippen molar-refractivity contribution in [1.29, 1.82) is 0 Å². The van der Waals surface area contributed by atoms with Crippen molar-refractivity contribution in [1.82, 2.24) is 4.57 Å². The van der Waals surface area contributed by atoms with Gasteiger partial charge < -0.3 is 13.8 Å². The van der Waals surface area contributed by atoms with Crippen LogP contribution in [-0.4, -0.2) is 37.2 Å². The molecule has 0 amide bonds. The molecule has 1 fully saturated rings. The lowest BCUT2D eigenvalue weighted by atomic mass is 10.1. The minimum Gasteiger partial charge on any atom is -0.369 e. The molecule has 0 spiro atoms. The van der Waals surface area contributed by atoms with Crippen molar-refractivity contribution in [2.75, 3.05) is 35.6 Å². The molecule has 4 nitrogen and oxygen atoms in total. The topological polar surface area (TPSA) is 23.8 Å². The number of hydrogen-bond donors (Lipinski definition) is 0. The summed E-state index contributed by atoms with van der Waals surface area (Å²) in [7, 11) is 2.16. The standard InChI is InChI=1S/C25H28N4S/c1-4-18-13-22(25-24(14-18)29(30-3)12-11-27(25)2)26-16-21-15-20-7-5-6-8-23(20)28(21)17-19-9-10-19/h4-8,13-16,19H,1,9-12,17H2,2-3H3/b26-16+. The highest BCUT2D eigenvalue weighted by Gasteiger charge is 2.25. The first-order valence-electron chi connectivity index (χ1n) is 10.6. The molecule has 5 heteroatoms. The molecule has 0 bridgehead atoms. The van der Waals surface area contributed by atoms with E-state index in [1.54, 1.807) is 11.9 Å². The van der Waals surface area contributed by atoms with Gasteiger partial charge in [-0.2, -0.15) is 0 Å². The van der Waals surface area contributed by atoms with Crippen molar-refractivity contribution in [3.05, 3.63) is 60.3 Å². The van der Waals surface area contributed by atoms with Crippen LogP contribution in [0.2, 0.25) is 0 Å². The molecule has 0 saturated heterocycles. The fourth-order valence-corrected chi connectivity index (χ4v) is 4.92. The number of likely N-dealkylation sites (N-methyl/N-ethyl adjacent to an activating group) is 1. The Morgan fingerprint density at radius 3 is 2.77 bits per heavy atom. The van der Waals surface area contributed by atoms with Crippen LogP contribution >= 0.6 is 11.9 Å². The summed E-state index contributed by atoms with van der Waals surface area (Å²) in [5.41, 5.74) is 7.02. The van der Waals surface area contributed by atoms with E-state index in [4.69, 9.17) is 4.99 Å². The molecule has 2 heterocycles. The van der Waals surface area contributed by atoms with E-state index in [-0.39, 0.29) is 0 Å². The molecule has 1 aromatic heterocycles. The fraction of sp³-hybridized carbons (Fsp3) is 0.320.